The van der Waals surface area contributed by atoms with Gasteiger partial charge in [0, 0.05) is 23.9 Å². The maximum Gasteiger partial charge on any atom is 0.0501 e. The largest absolute Gasteiger partial charge is 0.314 e. The summed E-state index contributed by atoms with van der Waals surface area (Å²) in [7, 11) is 1.60. The van der Waals surface area contributed by atoms with Gasteiger partial charge >= 0.3 is 0 Å². The van der Waals surface area contributed by atoms with Crippen LogP contribution in [0.2, 0.25) is 0 Å². The van der Waals surface area contributed by atoms with Crippen LogP contribution < -0.4 is 0 Å². The molecule has 0 saturated carbocycles. The van der Waals surface area contributed by atoms with Crippen LogP contribution in [0.3, 0.4) is 0 Å². The Bertz CT molecular complexity index is 240. The van der Waals surface area contributed by atoms with Crippen molar-refractivity contribution >= 4 is 15.9 Å². The van der Waals surface area contributed by atoms with Crippen LogP contribution in [-0.4, -0.2) is 22.3 Å². The zero-order valence-electron chi connectivity index (χ0n) is 6.16. The lowest BCUT2D eigenvalue weighted by molar-refractivity contribution is -0.0732. The van der Waals surface area contributed by atoms with Gasteiger partial charge < -0.3 is 5.21 Å². The summed E-state index contributed by atoms with van der Waals surface area (Å²) in [5, 5.41) is 10.0. The lowest BCUT2D eigenvalue weighted by atomic mass is 10.3. The van der Waals surface area contributed by atoms with E-state index in [0.29, 0.717) is 6.54 Å². The van der Waals surface area contributed by atoms with Gasteiger partial charge in [-0.2, -0.15) is 5.06 Å². The third-order valence-corrected chi connectivity index (χ3v) is 1.61. The molecule has 0 fully saturated rings. The second-order valence-electron chi connectivity index (χ2n) is 2.33. The molecule has 0 saturated heterocycles. The molecule has 0 aromatic carbocycles. The molecule has 1 N–H and O–H groups in total. The van der Waals surface area contributed by atoms with Gasteiger partial charge in [0.1, 0.15) is 0 Å². The summed E-state index contributed by atoms with van der Waals surface area (Å²) in [6.45, 7) is 0.492. The maximum absolute atomic E-state index is 8.89. The first kappa shape index (κ1) is 8.64. The van der Waals surface area contributed by atoms with E-state index in [1.807, 2.05) is 6.07 Å². The van der Waals surface area contributed by atoms with Crippen LogP contribution in [0, 0.1) is 0 Å². The van der Waals surface area contributed by atoms with E-state index in [0.717, 1.165) is 15.1 Å². The molecule has 0 atom stereocenters. The average Bonchev–Trinajstić information content (AvgIpc) is 1.85. The van der Waals surface area contributed by atoms with Crippen LogP contribution in [0.5, 0.6) is 0 Å². The highest BCUT2D eigenvalue weighted by molar-refractivity contribution is 9.10. The van der Waals surface area contributed by atoms with Crippen molar-refractivity contribution in [3.63, 3.8) is 0 Å². The molecule has 11 heavy (non-hydrogen) atoms. The summed E-state index contributed by atoms with van der Waals surface area (Å²) in [5.74, 6) is 0. The molecule has 60 valence electrons. The van der Waals surface area contributed by atoms with Crippen LogP contribution in [-0.2, 0) is 6.54 Å². The van der Waals surface area contributed by atoms with Crippen LogP contribution >= 0.6 is 15.9 Å². The lowest BCUT2D eigenvalue weighted by Gasteiger charge is -2.06. The van der Waals surface area contributed by atoms with Gasteiger partial charge in [0.2, 0.25) is 0 Å². The summed E-state index contributed by atoms with van der Waals surface area (Å²) >= 11 is 3.29. The van der Waals surface area contributed by atoms with E-state index in [1.54, 1.807) is 19.4 Å². The Morgan fingerprint density at radius 3 is 2.91 bits per heavy atom. The standard InChI is InChI=1S/C7H9BrN2O/c1-10(11)5-6-2-7(8)4-9-3-6/h2-4,11H,5H2,1H3. The van der Waals surface area contributed by atoms with E-state index >= 15 is 0 Å². The summed E-state index contributed by atoms with van der Waals surface area (Å²) in [6, 6.07) is 1.92. The third kappa shape index (κ3) is 2.96. The molecule has 0 aliphatic heterocycles. The Morgan fingerprint density at radius 1 is 1.64 bits per heavy atom. The van der Waals surface area contributed by atoms with Crippen LogP contribution in [0.25, 0.3) is 0 Å². The number of hydrogen-bond acceptors (Lipinski definition) is 3. The van der Waals surface area contributed by atoms with Crippen molar-refractivity contribution in [3.05, 3.63) is 28.5 Å². The number of hydrogen-bond donors (Lipinski definition) is 1. The van der Waals surface area contributed by atoms with E-state index in [9.17, 15) is 0 Å². The zero-order valence-corrected chi connectivity index (χ0v) is 7.74. The van der Waals surface area contributed by atoms with Gasteiger partial charge in [0.25, 0.3) is 0 Å². The quantitative estimate of drug-likeness (QED) is 0.765. The molecule has 0 aliphatic carbocycles. The first-order valence-electron chi connectivity index (χ1n) is 3.18. The fourth-order valence-electron chi connectivity index (χ4n) is 0.807. The molecular formula is C7H9BrN2O. The maximum atomic E-state index is 8.89. The molecule has 0 bridgehead atoms. The molecule has 0 unspecified atom stereocenters. The minimum Gasteiger partial charge on any atom is -0.314 e. The Hall–Kier alpha value is -0.450. The number of rotatable bonds is 2. The number of nitrogens with zero attached hydrogens (tertiary/aromatic N) is 2. The SMILES string of the molecule is CN(O)Cc1cncc(Br)c1. The van der Waals surface area contributed by atoms with E-state index in [1.165, 1.54) is 0 Å². The Labute approximate surface area is 73.8 Å². The van der Waals surface area contributed by atoms with E-state index in [4.69, 9.17) is 5.21 Å². The Balaban J connectivity index is 2.71. The summed E-state index contributed by atoms with van der Waals surface area (Å²) in [5.41, 5.74) is 0.976. The number of aromatic nitrogens is 1. The normalized spacial score (nSPS) is 10.5. The molecule has 0 amide bonds. The summed E-state index contributed by atoms with van der Waals surface area (Å²) < 4.78 is 0.928. The minimum absolute atomic E-state index is 0.492. The monoisotopic (exact) mass is 216 g/mol. The third-order valence-electron chi connectivity index (χ3n) is 1.17. The average molecular weight is 217 g/mol. The van der Waals surface area contributed by atoms with Gasteiger partial charge in [-0.05, 0) is 27.6 Å². The highest BCUT2D eigenvalue weighted by Crippen LogP contribution is 2.09. The van der Waals surface area contributed by atoms with Crippen molar-refractivity contribution in [1.82, 2.24) is 10.0 Å². The van der Waals surface area contributed by atoms with E-state index < -0.39 is 0 Å². The van der Waals surface area contributed by atoms with E-state index in [-0.39, 0.29) is 0 Å². The van der Waals surface area contributed by atoms with Gasteiger partial charge in [-0.15, -0.1) is 0 Å². The van der Waals surface area contributed by atoms with Gasteiger partial charge in [0.05, 0.1) is 6.54 Å². The van der Waals surface area contributed by atoms with Gasteiger partial charge in [-0.25, -0.2) is 0 Å². The van der Waals surface area contributed by atoms with Crippen LogP contribution in [0.15, 0.2) is 22.9 Å². The smallest absolute Gasteiger partial charge is 0.0501 e. The van der Waals surface area contributed by atoms with Crippen molar-refractivity contribution in [3.8, 4) is 0 Å². The Morgan fingerprint density at radius 2 is 2.36 bits per heavy atom. The minimum atomic E-state index is 0.492. The molecule has 0 radical (unpaired) electrons. The van der Waals surface area contributed by atoms with Crippen molar-refractivity contribution in [1.29, 1.82) is 0 Å². The molecule has 1 rings (SSSR count). The van der Waals surface area contributed by atoms with Crippen molar-refractivity contribution in [2.75, 3.05) is 7.05 Å². The zero-order chi connectivity index (χ0) is 8.27. The fraction of sp³-hybridized carbons (Fsp3) is 0.286. The van der Waals surface area contributed by atoms with Crippen molar-refractivity contribution in [2.45, 2.75) is 6.54 Å². The predicted molar refractivity (Wildman–Crippen MR) is 45.2 cm³/mol. The molecule has 1 aromatic rings. The van der Waals surface area contributed by atoms with Gasteiger partial charge in [-0.3, -0.25) is 4.98 Å². The summed E-state index contributed by atoms with van der Waals surface area (Å²) in [4.78, 5) is 3.95. The van der Waals surface area contributed by atoms with E-state index in [2.05, 4.69) is 20.9 Å². The van der Waals surface area contributed by atoms with Crippen molar-refractivity contribution < 1.29 is 5.21 Å². The second-order valence-corrected chi connectivity index (χ2v) is 3.24. The molecule has 1 aromatic heterocycles. The molecule has 1 heterocycles. The molecular weight excluding hydrogens is 208 g/mol. The molecule has 0 spiro atoms. The number of hydroxylamine groups is 2. The van der Waals surface area contributed by atoms with Gasteiger partial charge in [-0.1, -0.05) is 0 Å². The van der Waals surface area contributed by atoms with Gasteiger partial charge in [0.15, 0.2) is 0 Å². The van der Waals surface area contributed by atoms with Crippen LogP contribution in [0.1, 0.15) is 5.56 Å². The molecule has 0 aliphatic rings. The first-order valence-corrected chi connectivity index (χ1v) is 3.97. The lowest BCUT2D eigenvalue weighted by Crippen LogP contribution is -2.11. The Kier molecular flexibility index (Phi) is 2.99. The fourth-order valence-corrected chi connectivity index (χ4v) is 1.22. The number of halogens is 1. The van der Waals surface area contributed by atoms with Crippen molar-refractivity contribution in [2.24, 2.45) is 0 Å². The van der Waals surface area contributed by atoms with Crippen LogP contribution in [0.4, 0.5) is 0 Å². The predicted octanol–water partition coefficient (Wildman–Crippen LogP) is 1.67. The second kappa shape index (κ2) is 3.80. The summed E-state index contributed by atoms with van der Waals surface area (Å²) in [6.07, 6.45) is 3.43. The molecule has 3 nitrogen and oxygen atoms in total. The highest BCUT2D eigenvalue weighted by atomic mass is 79.9. The highest BCUT2D eigenvalue weighted by Gasteiger charge is 1.96. The number of pyridine rings is 1. The topological polar surface area (TPSA) is 36.4 Å². The molecule has 4 heteroatoms. The first-order chi connectivity index (χ1) is 5.18.